The van der Waals surface area contributed by atoms with E-state index in [9.17, 15) is 4.79 Å². The summed E-state index contributed by atoms with van der Waals surface area (Å²) in [4.78, 5) is 18.2. The van der Waals surface area contributed by atoms with E-state index in [1.165, 1.54) is 7.05 Å². The van der Waals surface area contributed by atoms with Crippen LogP contribution in [0.2, 0.25) is 0 Å². The monoisotopic (exact) mass is 167 g/mol. The first-order valence-corrected chi connectivity index (χ1v) is 3.43. The van der Waals surface area contributed by atoms with Crippen LogP contribution < -0.4 is 10.1 Å². The van der Waals surface area contributed by atoms with Gasteiger partial charge in [0, 0.05) is 19.4 Å². The van der Waals surface area contributed by atoms with Gasteiger partial charge in [0.1, 0.15) is 0 Å². The maximum Gasteiger partial charge on any atom is 0.316 e. The number of carbonyl (C=O) groups excluding carboxylic acids is 1. The van der Waals surface area contributed by atoms with Crippen LogP contribution >= 0.6 is 0 Å². The third kappa shape index (κ3) is 2.53. The van der Waals surface area contributed by atoms with Gasteiger partial charge in [0.15, 0.2) is 6.61 Å². The van der Waals surface area contributed by atoms with Gasteiger partial charge in [-0.25, -0.2) is 9.97 Å². The van der Waals surface area contributed by atoms with Crippen LogP contribution in [0.5, 0.6) is 6.01 Å². The Hall–Kier alpha value is -1.65. The fourth-order valence-corrected chi connectivity index (χ4v) is 0.562. The van der Waals surface area contributed by atoms with Crippen LogP contribution in [0, 0.1) is 0 Å². The van der Waals surface area contributed by atoms with Crippen molar-refractivity contribution in [2.24, 2.45) is 0 Å². The van der Waals surface area contributed by atoms with Gasteiger partial charge in [-0.15, -0.1) is 0 Å². The van der Waals surface area contributed by atoms with Gasteiger partial charge < -0.3 is 10.1 Å². The van der Waals surface area contributed by atoms with Crippen molar-refractivity contribution in [2.45, 2.75) is 0 Å². The highest BCUT2D eigenvalue weighted by Crippen LogP contribution is 1.95. The Labute approximate surface area is 69.8 Å². The molecule has 0 spiro atoms. The lowest BCUT2D eigenvalue weighted by molar-refractivity contribution is -0.122. The van der Waals surface area contributed by atoms with Gasteiger partial charge in [0.05, 0.1) is 0 Å². The molecule has 0 radical (unpaired) electrons. The number of likely N-dealkylation sites (N-methyl/N-ethyl adjacent to an activating group) is 1. The highest BCUT2D eigenvalue weighted by Gasteiger charge is 1.99. The van der Waals surface area contributed by atoms with E-state index < -0.39 is 0 Å². The topological polar surface area (TPSA) is 64.1 Å². The molecule has 1 heterocycles. The molecule has 0 saturated carbocycles. The van der Waals surface area contributed by atoms with E-state index in [2.05, 4.69) is 15.3 Å². The molecular weight excluding hydrogens is 158 g/mol. The van der Waals surface area contributed by atoms with Crippen molar-refractivity contribution in [3.63, 3.8) is 0 Å². The molecule has 1 N–H and O–H groups in total. The van der Waals surface area contributed by atoms with Gasteiger partial charge in [0.25, 0.3) is 5.91 Å². The summed E-state index contributed by atoms with van der Waals surface area (Å²) >= 11 is 0. The number of aromatic nitrogens is 2. The molecule has 12 heavy (non-hydrogen) atoms. The number of nitrogens with zero attached hydrogens (tertiary/aromatic N) is 2. The van der Waals surface area contributed by atoms with Crippen molar-refractivity contribution >= 4 is 5.91 Å². The van der Waals surface area contributed by atoms with E-state index in [1.807, 2.05) is 0 Å². The average Bonchev–Trinajstić information content (AvgIpc) is 2.16. The SMILES string of the molecule is CNC(=O)COc1ncccn1. The van der Waals surface area contributed by atoms with E-state index >= 15 is 0 Å². The Morgan fingerprint density at radius 2 is 2.25 bits per heavy atom. The predicted octanol–water partition coefficient (Wildman–Crippen LogP) is -0.399. The molecule has 0 bridgehead atoms. The zero-order chi connectivity index (χ0) is 8.81. The maximum absolute atomic E-state index is 10.7. The number of amides is 1. The first-order chi connectivity index (χ1) is 5.83. The predicted molar refractivity (Wildman–Crippen MR) is 41.6 cm³/mol. The summed E-state index contributed by atoms with van der Waals surface area (Å²) in [7, 11) is 1.54. The standard InChI is InChI=1S/C7H9N3O2/c1-8-6(11)5-12-7-9-3-2-4-10-7/h2-4H,5H2,1H3,(H,8,11). The minimum Gasteiger partial charge on any atom is -0.453 e. The summed E-state index contributed by atoms with van der Waals surface area (Å²) in [6, 6.07) is 1.88. The number of hydrogen-bond donors (Lipinski definition) is 1. The molecule has 1 amide bonds. The lowest BCUT2D eigenvalue weighted by atomic mass is 10.6. The average molecular weight is 167 g/mol. The largest absolute Gasteiger partial charge is 0.453 e. The molecule has 0 aromatic carbocycles. The molecule has 0 saturated heterocycles. The molecule has 1 rings (SSSR count). The van der Waals surface area contributed by atoms with Crippen molar-refractivity contribution in [2.75, 3.05) is 13.7 Å². The van der Waals surface area contributed by atoms with Crippen LogP contribution in [0.15, 0.2) is 18.5 Å². The van der Waals surface area contributed by atoms with Gasteiger partial charge in [0.2, 0.25) is 0 Å². The summed E-state index contributed by atoms with van der Waals surface area (Å²) in [6.45, 7) is -0.0550. The fraction of sp³-hybridized carbons (Fsp3) is 0.286. The van der Waals surface area contributed by atoms with E-state index in [1.54, 1.807) is 18.5 Å². The Kier molecular flexibility index (Phi) is 3.01. The molecule has 1 aromatic rings. The van der Waals surface area contributed by atoms with Gasteiger partial charge >= 0.3 is 6.01 Å². The summed E-state index contributed by atoms with van der Waals surface area (Å²) in [5.41, 5.74) is 0. The normalized spacial score (nSPS) is 9.08. The highest BCUT2D eigenvalue weighted by atomic mass is 16.5. The smallest absolute Gasteiger partial charge is 0.316 e. The lowest BCUT2D eigenvalue weighted by Gasteiger charge is -2.00. The van der Waals surface area contributed by atoms with E-state index in [-0.39, 0.29) is 18.5 Å². The Bertz CT molecular complexity index is 250. The Morgan fingerprint density at radius 3 is 2.83 bits per heavy atom. The third-order valence-corrected chi connectivity index (χ3v) is 1.15. The number of hydrogen-bond acceptors (Lipinski definition) is 4. The number of rotatable bonds is 3. The van der Waals surface area contributed by atoms with E-state index in [0.29, 0.717) is 0 Å². The summed E-state index contributed by atoms with van der Waals surface area (Å²) in [5.74, 6) is -0.206. The minimum atomic E-state index is -0.206. The second kappa shape index (κ2) is 4.27. The molecule has 0 aliphatic rings. The zero-order valence-corrected chi connectivity index (χ0v) is 6.65. The van der Waals surface area contributed by atoms with Gasteiger partial charge in [-0.3, -0.25) is 4.79 Å². The number of nitrogens with one attached hydrogen (secondary N) is 1. The zero-order valence-electron chi connectivity index (χ0n) is 6.65. The number of ether oxygens (including phenoxy) is 1. The number of carbonyl (C=O) groups is 1. The molecule has 0 fully saturated rings. The van der Waals surface area contributed by atoms with Crippen molar-refractivity contribution < 1.29 is 9.53 Å². The molecule has 1 aromatic heterocycles. The molecule has 5 nitrogen and oxygen atoms in total. The second-order valence-corrected chi connectivity index (χ2v) is 1.99. The van der Waals surface area contributed by atoms with Crippen LogP contribution in [-0.4, -0.2) is 29.5 Å². The first-order valence-electron chi connectivity index (χ1n) is 3.43. The van der Waals surface area contributed by atoms with Crippen LogP contribution in [0.3, 0.4) is 0 Å². The van der Waals surface area contributed by atoms with Gasteiger partial charge in [-0.1, -0.05) is 0 Å². The maximum atomic E-state index is 10.7. The highest BCUT2D eigenvalue weighted by molar-refractivity contribution is 5.76. The van der Waals surface area contributed by atoms with Crippen LogP contribution in [0.4, 0.5) is 0 Å². The summed E-state index contributed by atoms with van der Waals surface area (Å²) in [5, 5.41) is 2.42. The quantitative estimate of drug-likeness (QED) is 0.665. The molecule has 5 heteroatoms. The van der Waals surface area contributed by atoms with Crippen molar-refractivity contribution in [3.05, 3.63) is 18.5 Å². The van der Waals surface area contributed by atoms with Crippen molar-refractivity contribution in [3.8, 4) is 6.01 Å². The van der Waals surface area contributed by atoms with Crippen LogP contribution in [0.1, 0.15) is 0 Å². The Balaban J connectivity index is 2.38. The van der Waals surface area contributed by atoms with Gasteiger partial charge in [-0.05, 0) is 6.07 Å². The summed E-state index contributed by atoms with van der Waals surface area (Å²) < 4.78 is 4.92. The molecule has 64 valence electrons. The van der Waals surface area contributed by atoms with Crippen molar-refractivity contribution in [1.29, 1.82) is 0 Å². The molecule has 0 aliphatic heterocycles. The lowest BCUT2D eigenvalue weighted by Crippen LogP contribution is -2.25. The Morgan fingerprint density at radius 1 is 1.58 bits per heavy atom. The van der Waals surface area contributed by atoms with Gasteiger partial charge in [-0.2, -0.15) is 0 Å². The van der Waals surface area contributed by atoms with Crippen LogP contribution in [0.25, 0.3) is 0 Å². The first kappa shape index (κ1) is 8.45. The molecule has 0 atom stereocenters. The van der Waals surface area contributed by atoms with E-state index in [0.717, 1.165) is 0 Å². The minimum absolute atomic E-state index is 0.0550. The third-order valence-electron chi connectivity index (χ3n) is 1.15. The summed E-state index contributed by atoms with van der Waals surface area (Å²) in [6.07, 6.45) is 3.10. The fourth-order valence-electron chi connectivity index (χ4n) is 0.562. The molecule has 0 aliphatic carbocycles. The van der Waals surface area contributed by atoms with Crippen molar-refractivity contribution in [1.82, 2.24) is 15.3 Å². The van der Waals surface area contributed by atoms with Crippen LogP contribution in [-0.2, 0) is 4.79 Å². The second-order valence-electron chi connectivity index (χ2n) is 1.99. The molecule has 0 unspecified atom stereocenters. The molecular formula is C7H9N3O2. The van der Waals surface area contributed by atoms with E-state index in [4.69, 9.17) is 4.74 Å².